The molecule has 0 spiro atoms. The van der Waals surface area contributed by atoms with Crippen LogP contribution in [0.3, 0.4) is 0 Å². The number of hydrogen-bond acceptors (Lipinski definition) is 4. The predicted molar refractivity (Wildman–Crippen MR) is 66.6 cm³/mol. The third-order valence-corrected chi connectivity index (χ3v) is 3.28. The summed E-state index contributed by atoms with van der Waals surface area (Å²) in [6.07, 6.45) is 4.44. The van der Waals surface area contributed by atoms with Crippen LogP contribution in [0.1, 0.15) is 46.0 Å². The van der Waals surface area contributed by atoms with E-state index < -0.39 is 0 Å². The molecular formula is C13H25NO3. The Hall–Kier alpha value is -0.610. The molecular weight excluding hydrogens is 218 g/mol. The van der Waals surface area contributed by atoms with E-state index >= 15 is 0 Å². The fraction of sp³-hybridized carbons (Fsp3) is 0.923. The fourth-order valence-corrected chi connectivity index (χ4v) is 1.99. The van der Waals surface area contributed by atoms with E-state index in [1.54, 1.807) is 0 Å². The highest BCUT2D eigenvalue weighted by molar-refractivity contribution is 5.69. The van der Waals surface area contributed by atoms with Crippen LogP contribution in [0, 0.1) is 5.41 Å². The maximum Gasteiger partial charge on any atom is 0.305 e. The van der Waals surface area contributed by atoms with Crippen molar-refractivity contribution in [1.82, 2.24) is 0 Å². The molecule has 1 unspecified atom stereocenters. The largest absolute Gasteiger partial charge is 0.463 e. The molecule has 4 nitrogen and oxygen atoms in total. The molecule has 0 amide bonds. The van der Waals surface area contributed by atoms with Crippen molar-refractivity contribution in [2.45, 2.75) is 52.1 Å². The lowest BCUT2D eigenvalue weighted by atomic mass is 9.84. The summed E-state index contributed by atoms with van der Waals surface area (Å²) < 4.78 is 10.6. The first-order valence-electron chi connectivity index (χ1n) is 6.51. The topological polar surface area (TPSA) is 61.6 Å². The molecule has 0 aromatic rings. The summed E-state index contributed by atoms with van der Waals surface area (Å²) >= 11 is 0. The second-order valence-electron chi connectivity index (χ2n) is 5.52. The van der Waals surface area contributed by atoms with Gasteiger partial charge in [-0.2, -0.15) is 0 Å². The van der Waals surface area contributed by atoms with E-state index in [-0.39, 0.29) is 17.5 Å². The Morgan fingerprint density at radius 1 is 1.47 bits per heavy atom. The molecule has 100 valence electrons. The number of nitrogens with two attached hydrogens (primary N) is 1. The van der Waals surface area contributed by atoms with E-state index in [1.807, 2.05) is 0 Å². The predicted octanol–water partition coefficient (Wildman–Crippen LogP) is 1.86. The lowest BCUT2D eigenvalue weighted by Gasteiger charge is -2.23. The Bertz CT molecular complexity index is 235. The Labute approximate surface area is 104 Å². The normalized spacial score (nSPS) is 20.5. The lowest BCUT2D eigenvalue weighted by molar-refractivity contribution is -0.147. The second kappa shape index (κ2) is 6.97. The molecule has 1 aliphatic heterocycles. The molecule has 1 rings (SSSR count). The van der Waals surface area contributed by atoms with Gasteiger partial charge in [0.05, 0.1) is 6.10 Å². The standard InChI is InChI=1S/C13H25NO3/c1-13(2,7-8-14)6-5-12(15)17-10-11-4-3-9-16-11/h11H,3-10,14H2,1-2H3. The minimum Gasteiger partial charge on any atom is -0.463 e. The minimum absolute atomic E-state index is 0.120. The third-order valence-electron chi connectivity index (χ3n) is 3.28. The Balaban J connectivity index is 2.11. The molecule has 0 radical (unpaired) electrons. The fourth-order valence-electron chi connectivity index (χ4n) is 1.99. The Morgan fingerprint density at radius 3 is 2.82 bits per heavy atom. The molecule has 1 fully saturated rings. The lowest BCUT2D eigenvalue weighted by Crippen LogP contribution is -2.21. The van der Waals surface area contributed by atoms with Gasteiger partial charge in [0.15, 0.2) is 0 Å². The van der Waals surface area contributed by atoms with Crippen LogP contribution in [0.2, 0.25) is 0 Å². The quantitative estimate of drug-likeness (QED) is 0.693. The van der Waals surface area contributed by atoms with Gasteiger partial charge in [-0.05, 0) is 37.6 Å². The average molecular weight is 243 g/mol. The molecule has 2 N–H and O–H groups in total. The first kappa shape index (κ1) is 14.5. The van der Waals surface area contributed by atoms with Crippen LogP contribution >= 0.6 is 0 Å². The molecule has 1 heterocycles. The zero-order valence-electron chi connectivity index (χ0n) is 11.0. The number of hydrogen-bond donors (Lipinski definition) is 1. The van der Waals surface area contributed by atoms with Crippen molar-refractivity contribution in [3.8, 4) is 0 Å². The van der Waals surface area contributed by atoms with Crippen LogP contribution in [0.15, 0.2) is 0 Å². The maximum absolute atomic E-state index is 11.5. The zero-order chi connectivity index (χ0) is 12.7. The second-order valence-corrected chi connectivity index (χ2v) is 5.52. The van der Waals surface area contributed by atoms with Crippen molar-refractivity contribution < 1.29 is 14.3 Å². The van der Waals surface area contributed by atoms with Crippen molar-refractivity contribution in [1.29, 1.82) is 0 Å². The van der Waals surface area contributed by atoms with Crippen LogP contribution in [0.25, 0.3) is 0 Å². The van der Waals surface area contributed by atoms with Gasteiger partial charge in [0.2, 0.25) is 0 Å². The molecule has 0 bridgehead atoms. The Kier molecular flexibility index (Phi) is 5.92. The van der Waals surface area contributed by atoms with Gasteiger partial charge in [0, 0.05) is 13.0 Å². The molecule has 4 heteroatoms. The SMILES string of the molecule is CC(C)(CCN)CCC(=O)OCC1CCCO1. The first-order valence-corrected chi connectivity index (χ1v) is 6.51. The first-order chi connectivity index (χ1) is 8.03. The summed E-state index contributed by atoms with van der Waals surface area (Å²) in [4.78, 5) is 11.5. The smallest absolute Gasteiger partial charge is 0.305 e. The van der Waals surface area contributed by atoms with Gasteiger partial charge in [-0.3, -0.25) is 4.79 Å². The van der Waals surface area contributed by atoms with Gasteiger partial charge in [0.1, 0.15) is 6.61 Å². The van der Waals surface area contributed by atoms with E-state index in [9.17, 15) is 4.79 Å². The van der Waals surface area contributed by atoms with E-state index in [0.29, 0.717) is 19.6 Å². The number of esters is 1. The van der Waals surface area contributed by atoms with Gasteiger partial charge in [-0.25, -0.2) is 0 Å². The van der Waals surface area contributed by atoms with Crippen molar-refractivity contribution in [3.63, 3.8) is 0 Å². The number of rotatable bonds is 7. The van der Waals surface area contributed by atoms with Crippen LogP contribution in [0.5, 0.6) is 0 Å². The van der Waals surface area contributed by atoms with E-state index in [0.717, 1.165) is 32.3 Å². The minimum atomic E-state index is -0.120. The van der Waals surface area contributed by atoms with Crippen LogP contribution in [0.4, 0.5) is 0 Å². The van der Waals surface area contributed by atoms with E-state index in [2.05, 4.69) is 13.8 Å². The molecule has 0 saturated carbocycles. The van der Waals surface area contributed by atoms with Gasteiger partial charge in [-0.1, -0.05) is 13.8 Å². The summed E-state index contributed by atoms with van der Waals surface area (Å²) in [5.41, 5.74) is 5.65. The van der Waals surface area contributed by atoms with Crippen molar-refractivity contribution in [2.75, 3.05) is 19.8 Å². The summed E-state index contributed by atoms with van der Waals surface area (Å²) in [7, 11) is 0. The summed E-state index contributed by atoms with van der Waals surface area (Å²) in [6.45, 7) is 6.14. The highest BCUT2D eigenvalue weighted by Gasteiger charge is 2.20. The molecule has 1 saturated heterocycles. The molecule has 0 aromatic carbocycles. The number of carbonyl (C=O) groups is 1. The summed E-state index contributed by atoms with van der Waals surface area (Å²) in [5.74, 6) is -0.120. The third kappa shape index (κ3) is 6.03. The van der Waals surface area contributed by atoms with Crippen LogP contribution in [-0.4, -0.2) is 31.8 Å². The van der Waals surface area contributed by atoms with Gasteiger partial charge >= 0.3 is 5.97 Å². The van der Waals surface area contributed by atoms with Crippen molar-refractivity contribution in [2.24, 2.45) is 11.1 Å². The summed E-state index contributed by atoms with van der Waals surface area (Å²) in [6, 6.07) is 0. The van der Waals surface area contributed by atoms with Gasteiger partial charge in [0.25, 0.3) is 0 Å². The van der Waals surface area contributed by atoms with Crippen molar-refractivity contribution in [3.05, 3.63) is 0 Å². The molecule has 17 heavy (non-hydrogen) atoms. The molecule has 1 atom stereocenters. The van der Waals surface area contributed by atoms with Gasteiger partial charge < -0.3 is 15.2 Å². The Morgan fingerprint density at radius 2 is 2.24 bits per heavy atom. The van der Waals surface area contributed by atoms with Gasteiger partial charge in [-0.15, -0.1) is 0 Å². The van der Waals surface area contributed by atoms with Crippen LogP contribution in [-0.2, 0) is 14.3 Å². The highest BCUT2D eigenvalue weighted by atomic mass is 16.6. The molecule has 0 aliphatic carbocycles. The van der Waals surface area contributed by atoms with Crippen LogP contribution < -0.4 is 5.73 Å². The average Bonchev–Trinajstić information content (AvgIpc) is 2.76. The summed E-state index contributed by atoms with van der Waals surface area (Å²) in [5, 5.41) is 0. The number of ether oxygens (including phenoxy) is 2. The monoisotopic (exact) mass is 243 g/mol. The number of carbonyl (C=O) groups excluding carboxylic acids is 1. The maximum atomic E-state index is 11.5. The van der Waals surface area contributed by atoms with Crippen molar-refractivity contribution >= 4 is 5.97 Å². The zero-order valence-corrected chi connectivity index (χ0v) is 11.0. The molecule has 1 aliphatic rings. The highest BCUT2D eigenvalue weighted by Crippen LogP contribution is 2.26. The van der Waals surface area contributed by atoms with E-state index in [4.69, 9.17) is 15.2 Å². The molecule has 0 aromatic heterocycles. The van der Waals surface area contributed by atoms with E-state index in [1.165, 1.54) is 0 Å².